The molecule has 0 bridgehead atoms. The fraction of sp³-hybridized carbons (Fsp3) is 0.509. The van der Waals surface area contributed by atoms with Crippen LogP contribution in [0.25, 0.3) is 0 Å². The molecule has 4 aliphatic heterocycles. The first-order chi connectivity index (χ1) is 28.4. The summed E-state index contributed by atoms with van der Waals surface area (Å²) in [5.74, 6) is 1.73. The second kappa shape index (κ2) is 12.1. The highest BCUT2D eigenvalue weighted by Gasteiger charge is 2.60. The Morgan fingerprint density at radius 1 is 0.689 bits per heavy atom. The molecule has 4 aromatic carbocycles. The summed E-state index contributed by atoms with van der Waals surface area (Å²) in [4.78, 5) is 5.50. The molecule has 4 heteroatoms. The number of rotatable bonds is 1. The minimum atomic E-state index is -0.0988. The van der Waals surface area contributed by atoms with E-state index in [-0.39, 0.29) is 51.2 Å². The third-order valence-corrected chi connectivity index (χ3v) is 17.4. The highest BCUT2D eigenvalue weighted by Crippen LogP contribution is 2.63. The van der Waals surface area contributed by atoms with Crippen LogP contribution in [0.3, 0.4) is 0 Å². The molecule has 4 heterocycles. The highest BCUT2D eigenvalue weighted by molar-refractivity contribution is 6.91. The SMILES string of the molecule is Cc1cc2c3c(c1)N(c1ccc(C(C)(C)C)cc1)C1C4=C(CC5C(=C4)C(C)(C)CCC5(C)C)OC1B3c1ccc3c4c1N2c1c(C)cc(C(C)(C)C)cc1C4(C)CCC3(C)C. The number of fused-ring (bicyclic) bond motifs is 9. The van der Waals surface area contributed by atoms with Crippen LogP contribution in [0, 0.1) is 30.6 Å². The standard InChI is InChI=1S/C57H69BN2O/c1-32-26-43-47-44(27-32)60-48-33(2)28-35(53(6,7)8)29-41(48)57(15)25-24-54(9,10)38-20-21-42(50(60)46(38)57)58(47)51-49(59(43)36-18-16-34(17-19-36)52(3,4)5)37-30-39-40(31-45(37)61-51)56(13,14)23-22-55(39,11)12/h16-21,26-30,40,49,51H,22-25,31H2,1-15H3. The smallest absolute Gasteiger partial charge is 0.267 e. The second-order valence-corrected chi connectivity index (χ2v) is 24.9. The highest BCUT2D eigenvalue weighted by atomic mass is 16.5. The van der Waals surface area contributed by atoms with Crippen molar-refractivity contribution < 1.29 is 4.74 Å². The first kappa shape index (κ1) is 39.7. The van der Waals surface area contributed by atoms with Crippen molar-refractivity contribution in [2.45, 2.75) is 170 Å². The van der Waals surface area contributed by atoms with E-state index in [1.807, 2.05) is 0 Å². The first-order valence-corrected chi connectivity index (χ1v) is 23.7. The number of allylic oxidation sites excluding steroid dienone is 2. The third-order valence-electron chi connectivity index (χ3n) is 17.4. The average Bonchev–Trinajstić information content (AvgIpc) is 3.55. The summed E-state index contributed by atoms with van der Waals surface area (Å²) >= 11 is 0. The molecule has 0 amide bonds. The van der Waals surface area contributed by atoms with Gasteiger partial charge in [0, 0.05) is 40.2 Å². The van der Waals surface area contributed by atoms with Gasteiger partial charge in [-0.15, -0.1) is 0 Å². The van der Waals surface area contributed by atoms with Gasteiger partial charge in [-0.1, -0.05) is 138 Å². The topological polar surface area (TPSA) is 15.7 Å². The van der Waals surface area contributed by atoms with Crippen molar-refractivity contribution in [1.82, 2.24) is 0 Å². The molecule has 4 atom stereocenters. The number of aryl methyl sites for hydroxylation is 2. The number of benzene rings is 4. The molecule has 1 saturated carbocycles. The summed E-state index contributed by atoms with van der Waals surface area (Å²) < 4.78 is 7.76. The van der Waals surface area contributed by atoms with E-state index in [9.17, 15) is 0 Å². The Labute approximate surface area is 368 Å². The van der Waals surface area contributed by atoms with Gasteiger partial charge in [0.25, 0.3) is 6.71 Å². The summed E-state index contributed by atoms with van der Waals surface area (Å²) in [5.41, 5.74) is 23.3. The molecule has 0 saturated heterocycles. The Morgan fingerprint density at radius 2 is 1.36 bits per heavy atom. The average molecular weight is 809 g/mol. The van der Waals surface area contributed by atoms with E-state index in [0.717, 1.165) is 12.8 Å². The van der Waals surface area contributed by atoms with E-state index in [0.29, 0.717) is 5.92 Å². The second-order valence-electron chi connectivity index (χ2n) is 24.9. The van der Waals surface area contributed by atoms with Crippen LogP contribution in [0.2, 0.25) is 0 Å². The lowest BCUT2D eigenvalue weighted by Gasteiger charge is -2.56. The van der Waals surface area contributed by atoms with Crippen LogP contribution in [0.15, 0.2) is 83.6 Å². The molecule has 4 aromatic rings. The molecule has 11 rings (SSSR count). The molecule has 7 aliphatic rings. The Bertz CT molecular complexity index is 2660. The van der Waals surface area contributed by atoms with Gasteiger partial charge in [-0.25, -0.2) is 0 Å². The summed E-state index contributed by atoms with van der Waals surface area (Å²) in [7, 11) is 0. The molecular weight excluding hydrogens is 739 g/mol. The third kappa shape index (κ3) is 5.29. The van der Waals surface area contributed by atoms with Crippen LogP contribution in [-0.4, -0.2) is 18.8 Å². The zero-order valence-electron chi connectivity index (χ0n) is 40.0. The molecule has 0 spiro atoms. The van der Waals surface area contributed by atoms with E-state index >= 15 is 0 Å². The molecule has 316 valence electrons. The zero-order valence-corrected chi connectivity index (χ0v) is 40.0. The van der Waals surface area contributed by atoms with E-state index in [2.05, 4.69) is 180 Å². The van der Waals surface area contributed by atoms with Crippen molar-refractivity contribution in [2.24, 2.45) is 16.7 Å². The van der Waals surface area contributed by atoms with Crippen LogP contribution in [-0.2, 0) is 26.4 Å². The van der Waals surface area contributed by atoms with Gasteiger partial charge in [-0.3, -0.25) is 0 Å². The minimum Gasteiger partial charge on any atom is -0.499 e. The minimum absolute atomic E-state index is 0.0474. The fourth-order valence-corrected chi connectivity index (χ4v) is 13.5. The molecule has 0 aromatic heterocycles. The van der Waals surface area contributed by atoms with Gasteiger partial charge >= 0.3 is 0 Å². The van der Waals surface area contributed by atoms with Crippen molar-refractivity contribution in [3.8, 4) is 0 Å². The molecular formula is C57H69BN2O. The molecule has 3 nitrogen and oxygen atoms in total. The van der Waals surface area contributed by atoms with Crippen molar-refractivity contribution in [1.29, 1.82) is 0 Å². The van der Waals surface area contributed by atoms with Gasteiger partial charge in [0.05, 0.1) is 11.7 Å². The van der Waals surface area contributed by atoms with E-state index in [1.165, 1.54) is 103 Å². The fourth-order valence-electron chi connectivity index (χ4n) is 13.5. The Balaban J connectivity index is 1.22. The van der Waals surface area contributed by atoms with Crippen LogP contribution >= 0.6 is 0 Å². The normalized spacial score (nSPS) is 27.0. The van der Waals surface area contributed by atoms with Crippen LogP contribution < -0.4 is 20.7 Å². The predicted molar refractivity (Wildman–Crippen MR) is 259 cm³/mol. The molecule has 0 radical (unpaired) electrons. The lowest BCUT2D eigenvalue weighted by atomic mass is 9.31. The van der Waals surface area contributed by atoms with Crippen molar-refractivity contribution in [3.63, 3.8) is 0 Å². The molecule has 3 aliphatic carbocycles. The Morgan fingerprint density at radius 3 is 2.05 bits per heavy atom. The molecule has 0 N–H and O–H groups in total. The van der Waals surface area contributed by atoms with Gasteiger partial charge in [0.1, 0.15) is 11.8 Å². The Kier molecular flexibility index (Phi) is 7.86. The van der Waals surface area contributed by atoms with Crippen LogP contribution in [0.1, 0.15) is 161 Å². The maximum atomic E-state index is 7.76. The lowest BCUT2D eigenvalue weighted by Crippen LogP contribution is -2.67. The zero-order chi connectivity index (χ0) is 43.3. The van der Waals surface area contributed by atoms with Crippen molar-refractivity contribution in [2.75, 3.05) is 9.80 Å². The molecule has 61 heavy (non-hydrogen) atoms. The van der Waals surface area contributed by atoms with Gasteiger partial charge < -0.3 is 14.5 Å². The van der Waals surface area contributed by atoms with Gasteiger partial charge in [-0.05, 0) is 147 Å². The number of hydrogen-bond acceptors (Lipinski definition) is 3. The predicted octanol–water partition coefficient (Wildman–Crippen LogP) is 13.5. The Hall–Kier alpha value is -4.18. The maximum absolute atomic E-state index is 7.76. The van der Waals surface area contributed by atoms with Gasteiger partial charge in [-0.2, -0.15) is 0 Å². The number of anilines is 5. The van der Waals surface area contributed by atoms with Crippen molar-refractivity contribution in [3.05, 3.63) is 123 Å². The van der Waals surface area contributed by atoms with Gasteiger partial charge in [0.15, 0.2) is 0 Å². The van der Waals surface area contributed by atoms with E-state index in [1.54, 1.807) is 11.1 Å². The monoisotopic (exact) mass is 809 g/mol. The number of hydrogen-bond donors (Lipinski definition) is 0. The summed E-state index contributed by atoms with van der Waals surface area (Å²) in [6.07, 6.45) is 8.47. The summed E-state index contributed by atoms with van der Waals surface area (Å²) in [6.45, 7) is 36.5. The summed E-state index contributed by atoms with van der Waals surface area (Å²) in [5, 5.41) is 0. The first-order valence-electron chi connectivity index (χ1n) is 23.7. The quantitative estimate of drug-likeness (QED) is 0.178. The van der Waals surface area contributed by atoms with E-state index < -0.39 is 0 Å². The summed E-state index contributed by atoms with van der Waals surface area (Å²) in [6, 6.07) is 24.9. The number of ether oxygens (including phenoxy) is 1. The number of nitrogens with zero attached hydrogens (tertiary/aromatic N) is 2. The largest absolute Gasteiger partial charge is 0.499 e. The maximum Gasteiger partial charge on any atom is 0.267 e. The van der Waals surface area contributed by atoms with Gasteiger partial charge in [0.2, 0.25) is 0 Å². The van der Waals surface area contributed by atoms with Crippen LogP contribution in [0.5, 0.6) is 0 Å². The van der Waals surface area contributed by atoms with Crippen LogP contribution in [0.4, 0.5) is 28.4 Å². The van der Waals surface area contributed by atoms with Crippen molar-refractivity contribution >= 4 is 46.1 Å². The molecule has 1 fully saturated rings. The lowest BCUT2D eigenvalue weighted by molar-refractivity contribution is 0.0991. The van der Waals surface area contributed by atoms with E-state index in [4.69, 9.17) is 4.74 Å². The molecule has 4 unspecified atom stereocenters.